The molecule has 0 aliphatic heterocycles. The summed E-state index contributed by atoms with van der Waals surface area (Å²) in [6.45, 7) is 3.70. The van der Waals surface area contributed by atoms with E-state index in [4.69, 9.17) is 14.4 Å². The topological polar surface area (TPSA) is 89.0 Å². The Kier molecular flexibility index (Phi) is 4.95. The summed E-state index contributed by atoms with van der Waals surface area (Å²) >= 11 is 1.17. The minimum atomic E-state index is -0.485. The van der Waals surface area contributed by atoms with E-state index in [2.05, 4.69) is 9.97 Å². The summed E-state index contributed by atoms with van der Waals surface area (Å²) in [4.78, 5) is 20.6. The molecule has 0 aromatic carbocycles. The molecule has 21 heavy (non-hydrogen) atoms. The highest BCUT2D eigenvalue weighted by molar-refractivity contribution is 7.99. The first-order chi connectivity index (χ1) is 10.2. The van der Waals surface area contributed by atoms with Crippen molar-refractivity contribution < 1.29 is 13.9 Å². The number of esters is 1. The van der Waals surface area contributed by atoms with Gasteiger partial charge in [-0.25, -0.2) is 14.8 Å². The molecule has 108 valence electrons. The van der Waals surface area contributed by atoms with Gasteiger partial charge in [0.15, 0.2) is 11.6 Å². The van der Waals surface area contributed by atoms with E-state index in [9.17, 15) is 4.79 Å². The maximum atomic E-state index is 12.0. The van der Waals surface area contributed by atoms with Crippen molar-refractivity contribution in [3.05, 3.63) is 29.7 Å². The Labute approximate surface area is 126 Å². The highest BCUT2D eigenvalue weighted by Gasteiger charge is 2.21. The first-order valence-corrected chi connectivity index (χ1v) is 7.25. The average molecular weight is 303 g/mol. The second kappa shape index (κ2) is 6.90. The molecule has 7 heteroatoms. The Bertz CT molecular complexity index is 678. The zero-order valence-electron chi connectivity index (χ0n) is 11.6. The highest BCUT2D eigenvalue weighted by atomic mass is 32.2. The van der Waals surface area contributed by atoms with Crippen LogP contribution in [0, 0.1) is 18.3 Å². The minimum absolute atomic E-state index is 0.181. The molecule has 0 fully saturated rings. The van der Waals surface area contributed by atoms with Gasteiger partial charge in [0.25, 0.3) is 0 Å². The Morgan fingerprint density at radius 3 is 2.95 bits per heavy atom. The number of carbonyl (C=O) groups is 1. The van der Waals surface area contributed by atoms with Gasteiger partial charge in [-0.15, -0.1) is 0 Å². The summed E-state index contributed by atoms with van der Waals surface area (Å²) in [7, 11) is 0. The van der Waals surface area contributed by atoms with Crippen molar-refractivity contribution in [1.82, 2.24) is 9.97 Å². The summed E-state index contributed by atoms with van der Waals surface area (Å²) in [6.07, 6.45) is 1.52. The molecule has 2 aromatic heterocycles. The van der Waals surface area contributed by atoms with Crippen molar-refractivity contribution in [3.63, 3.8) is 0 Å². The Balaban J connectivity index is 2.49. The third-order valence-corrected chi connectivity index (χ3v) is 3.39. The summed E-state index contributed by atoms with van der Waals surface area (Å²) in [5.41, 5.74) is 0.794. The number of hydrogen-bond acceptors (Lipinski definition) is 7. The van der Waals surface area contributed by atoms with Gasteiger partial charge in [-0.2, -0.15) is 5.26 Å². The first-order valence-electron chi connectivity index (χ1n) is 6.26. The molecule has 0 amide bonds. The fourth-order valence-electron chi connectivity index (χ4n) is 1.71. The van der Waals surface area contributed by atoms with E-state index in [1.807, 2.05) is 6.07 Å². The predicted octanol–water partition coefficient (Wildman–Crippen LogP) is 2.84. The van der Waals surface area contributed by atoms with E-state index < -0.39 is 5.97 Å². The predicted molar refractivity (Wildman–Crippen MR) is 76.8 cm³/mol. The fourth-order valence-corrected chi connectivity index (χ4v) is 2.43. The summed E-state index contributed by atoms with van der Waals surface area (Å²) in [5, 5.41) is 9.16. The molecule has 0 N–H and O–H groups in total. The average Bonchev–Trinajstić information content (AvgIpc) is 2.98. The molecular formula is C14H13N3O3S. The van der Waals surface area contributed by atoms with Crippen LogP contribution in [0.5, 0.6) is 0 Å². The number of aryl methyl sites for hydroxylation is 1. The van der Waals surface area contributed by atoms with Gasteiger partial charge in [0.1, 0.15) is 10.6 Å². The van der Waals surface area contributed by atoms with Gasteiger partial charge in [0, 0.05) is 0 Å². The second-order valence-electron chi connectivity index (χ2n) is 3.96. The smallest absolute Gasteiger partial charge is 0.342 e. The van der Waals surface area contributed by atoms with Crippen molar-refractivity contribution in [2.45, 2.75) is 18.9 Å². The Hall–Kier alpha value is -2.33. The van der Waals surface area contributed by atoms with E-state index in [-0.39, 0.29) is 12.4 Å². The van der Waals surface area contributed by atoms with E-state index in [1.165, 1.54) is 18.0 Å². The molecule has 0 saturated heterocycles. The molecule has 0 radical (unpaired) electrons. The molecule has 0 bridgehead atoms. The van der Waals surface area contributed by atoms with Crippen LogP contribution in [0.15, 0.2) is 27.8 Å². The summed E-state index contributed by atoms with van der Waals surface area (Å²) in [6, 6.07) is 5.48. The monoisotopic (exact) mass is 303 g/mol. The summed E-state index contributed by atoms with van der Waals surface area (Å²) in [5.74, 6) is 0.584. The highest BCUT2D eigenvalue weighted by Crippen LogP contribution is 2.26. The third-order valence-electron chi connectivity index (χ3n) is 2.55. The maximum absolute atomic E-state index is 12.0. The zero-order valence-corrected chi connectivity index (χ0v) is 12.4. The molecule has 2 rings (SSSR count). The van der Waals surface area contributed by atoms with Crippen LogP contribution in [0.3, 0.4) is 0 Å². The Morgan fingerprint density at radius 1 is 1.52 bits per heavy atom. The molecule has 0 atom stereocenters. The quantitative estimate of drug-likeness (QED) is 0.476. The molecule has 0 saturated carbocycles. The van der Waals surface area contributed by atoms with Crippen LogP contribution in [0.4, 0.5) is 0 Å². The number of thioether (sulfide) groups is 1. The fraction of sp³-hybridized carbons (Fsp3) is 0.286. The van der Waals surface area contributed by atoms with E-state index in [0.717, 1.165) is 0 Å². The molecule has 0 aliphatic rings. The molecule has 6 nitrogen and oxygen atoms in total. The van der Waals surface area contributed by atoms with Crippen LogP contribution in [0.25, 0.3) is 11.6 Å². The second-order valence-corrected chi connectivity index (χ2v) is 4.92. The number of hydrogen-bond donors (Lipinski definition) is 0. The van der Waals surface area contributed by atoms with Gasteiger partial charge in [-0.3, -0.25) is 0 Å². The lowest BCUT2D eigenvalue weighted by molar-refractivity contribution is 0.0519. The van der Waals surface area contributed by atoms with Gasteiger partial charge >= 0.3 is 5.97 Å². The van der Waals surface area contributed by atoms with E-state index in [1.54, 1.807) is 26.0 Å². The van der Waals surface area contributed by atoms with E-state index >= 15 is 0 Å². The van der Waals surface area contributed by atoms with Crippen LogP contribution in [0.2, 0.25) is 0 Å². The number of aromatic nitrogens is 2. The summed E-state index contributed by atoms with van der Waals surface area (Å²) < 4.78 is 10.3. The SMILES string of the molecule is CCOC(=O)c1c(C)nc(-c2ccco2)nc1SCC#N. The van der Waals surface area contributed by atoms with Crippen LogP contribution in [-0.2, 0) is 4.74 Å². The van der Waals surface area contributed by atoms with Crippen molar-refractivity contribution in [1.29, 1.82) is 5.26 Å². The number of rotatable bonds is 5. The van der Waals surface area contributed by atoms with Crippen LogP contribution < -0.4 is 0 Å². The number of nitriles is 1. The third kappa shape index (κ3) is 3.41. The van der Waals surface area contributed by atoms with Crippen molar-refractivity contribution in [2.75, 3.05) is 12.4 Å². The molecule has 0 spiro atoms. The molecule has 2 aromatic rings. The van der Waals surface area contributed by atoms with Gasteiger partial charge in [-0.1, -0.05) is 11.8 Å². The molecule has 2 heterocycles. The molecule has 0 unspecified atom stereocenters. The van der Waals surface area contributed by atoms with Gasteiger partial charge < -0.3 is 9.15 Å². The van der Waals surface area contributed by atoms with Gasteiger partial charge in [-0.05, 0) is 26.0 Å². The molecule has 0 aliphatic carbocycles. The number of carbonyl (C=O) groups excluding carboxylic acids is 1. The lowest BCUT2D eigenvalue weighted by Crippen LogP contribution is -2.12. The van der Waals surface area contributed by atoms with Crippen molar-refractivity contribution >= 4 is 17.7 Å². The Morgan fingerprint density at radius 2 is 2.33 bits per heavy atom. The standard InChI is InChI=1S/C14H13N3O3S/c1-3-19-14(18)11-9(2)16-12(10-5-4-7-20-10)17-13(11)21-8-6-15/h4-5,7H,3,8H2,1-2H3. The maximum Gasteiger partial charge on any atom is 0.342 e. The zero-order chi connectivity index (χ0) is 15.2. The van der Waals surface area contributed by atoms with Crippen molar-refractivity contribution in [3.8, 4) is 17.7 Å². The normalized spacial score (nSPS) is 10.1. The van der Waals surface area contributed by atoms with Crippen LogP contribution in [-0.4, -0.2) is 28.3 Å². The molecular weight excluding hydrogens is 290 g/mol. The lowest BCUT2D eigenvalue weighted by atomic mass is 10.2. The lowest BCUT2D eigenvalue weighted by Gasteiger charge is -2.10. The first kappa shape index (κ1) is 15.1. The van der Waals surface area contributed by atoms with Crippen LogP contribution in [0.1, 0.15) is 23.0 Å². The minimum Gasteiger partial charge on any atom is -0.462 e. The number of ether oxygens (including phenoxy) is 1. The van der Waals surface area contributed by atoms with Crippen LogP contribution >= 0.6 is 11.8 Å². The van der Waals surface area contributed by atoms with E-state index in [0.29, 0.717) is 27.9 Å². The largest absolute Gasteiger partial charge is 0.462 e. The number of nitrogens with zero attached hydrogens (tertiary/aromatic N) is 3. The number of furan rings is 1. The van der Waals surface area contributed by atoms with Gasteiger partial charge in [0.05, 0.1) is 30.4 Å². The van der Waals surface area contributed by atoms with Crippen molar-refractivity contribution in [2.24, 2.45) is 0 Å². The van der Waals surface area contributed by atoms with Gasteiger partial charge in [0.2, 0.25) is 0 Å².